The number of unbranched alkanes of at least 4 members (excludes halogenated alkanes) is 8. The van der Waals surface area contributed by atoms with Crippen LogP contribution in [0.5, 0.6) is 0 Å². The SMILES string of the molecule is CCCCCCCCC(O)(CCCCCC)C[N+](C)(C)C. The van der Waals surface area contributed by atoms with Gasteiger partial charge in [-0.25, -0.2) is 0 Å². The van der Waals surface area contributed by atoms with Crippen LogP contribution in [0.3, 0.4) is 0 Å². The summed E-state index contributed by atoms with van der Waals surface area (Å²) in [6.07, 6.45) is 14.8. The Morgan fingerprint density at radius 1 is 0.667 bits per heavy atom. The number of quaternary nitrogens is 1. The van der Waals surface area contributed by atoms with Gasteiger partial charge in [0, 0.05) is 0 Å². The van der Waals surface area contributed by atoms with Gasteiger partial charge in [0.25, 0.3) is 0 Å². The Labute approximate surface area is 134 Å². The lowest BCUT2D eigenvalue weighted by Gasteiger charge is -2.36. The van der Waals surface area contributed by atoms with Gasteiger partial charge in [0.2, 0.25) is 0 Å². The van der Waals surface area contributed by atoms with Crippen LogP contribution in [0.1, 0.15) is 90.9 Å². The predicted octanol–water partition coefficient (Wildman–Crippen LogP) is 5.14. The molecule has 0 fully saturated rings. The van der Waals surface area contributed by atoms with Crippen LogP contribution in [-0.4, -0.2) is 42.9 Å². The summed E-state index contributed by atoms with van der Waals surface area (Å²) in [5.41, 5.74) is -0.448. The highest BCUT2D eigenvalue weighted by Crippen LogP contribution is 2.25. The minimum absolute atomic E-state index is 0.448. The molecule has 0 aliphatic heterocycles. The van der Waals surface area contributed by atoms with Crippen LogP contribution >= 0.6 is 0 Å². The summed E-state index contributed by atoms with van der Waals surface area (Å²) in [5, 5.41) is 11.0. The molecule has 0 saturated carbocycles. The zero-order valence-electron chi connectivity index (χ0n) is 15.6. The number of likely N-dealkylation sites (N-methyl/N-ethyl adjacent to an activating group) is 1. The first-order valence-electron chi connectivity index (χ1n) is 9.36. The molecule has 0 saturated heterocycles. The molecule has 2 heteroatoms. The summed E-state index contributed by atoms with van der Waals surface area (Å²) in [6, 6.07) is 0. The average Bonchev–Trinajstić information content (AvgIpc) is 2.37. The quantitative estimate of drug-likeness (QED) is 0.348. The third-order valence-electron chi connectivity index (χ3n) is 4.26. The Kier molecular flexibility index (Phi) is 11.4. The van der Waals surface area contributed by atoms with Gasteiger partial charge in [0.05, 0.1) is 21.1 Å². The van der Waals surface area contributed by atoms with Crippen LogP contribution in [0, 0.1) is 0 Å². The van der Waals surface area contributed by atoms with Crippen LogP contribution in [0.2, 0.25) is 0 Å². The lowest BCUT2D eigenvalue weighted by Crippen LogP contribution is -2.49. The molecule has 0 aromatic heterocycles. The molecule has 0 heterocycles. The first-order chi connectivity index (χ1) is 9.83. The lowest BCUT2D eigenvalue weighted by molar-refractivity contribution is -0.877. The summed E-state index contributed by atoms with van der Waals surface area (Å²) < 4.78 is 0.861. The molecule has 0 amide bonds. The number of hydrogen-bond donors (Lipinski definition) is 1. The first kappa shape index (κ1) is 20.9. The predicted molar refractivity (Wildman–Crippen MR) is 94.6 cm³/mol. The molecule has 1 atom stereocenters. The van der Waals surface area contributed by atoms with Gasteiger partial charge in [-0.3, -0.25) is 0 Å². The zero-order chi connectivity index (χ0) is 16.2. The van der Waals surface area contributed by atoms with Gasteiger partial charge in [0.15, 0.2) is 0 Å². The van der Waals surface area contributed by atoms with Crippen molar-refractivity contribution in [2.45, 2.75) is 96.5 Å². The molecular weight excluding hydrogens is 258 g/mol. The maximum atomic E-state index is 11.0. The molecule has 0 rings (SSSR count). The fourth-order valence-electron chi connectivity index (χ4n) is 3.28. The second-order valence-corrected chi connectivity index (χ2v) is 8.00. The summed E-state index contributed by atoms with van der Waals surface area (Å²) in [4.78, 5) is 0. The van der Waals surface area contributed by atoms with E-state index in [1.807, 2.05) is 0 Å². The molecule has 1 N–H and O–H groups in total. The zero-order valence-corrected chi connectivity index (χ0v) is 15.6. The van der Waals surface area contributed by atoms with Crippen molar-refractivity contribution >= 4 is 0 Å². The summed E-state index contributed by atoms with van der Waals surface area (Å²) in [5.74, 6) is 0. The van der Waals surface area contributed by atoms with Crippen molar-refractivity contribution in [1.29, 1.82) is 0 Å². The van der Waals surface area contributed by atoms with Crippen molar-refractivity contribution in [3.05, 3.63) is 0 Å². The molecule has 128 valence electrons. The fourth-order valence-corrected chi connectivity index (χ4v) is 3.28. The molecule has 21 heavy (non-hydrogen) atoms. The van der Waals surface area contributed by atoms with Crippen LogP contribution < -0.4 is 0 Å². The highest BCUT2D eigenvalue weighted by molar-refractivity contribution is 4.78. The van der Waals surface area contributed by atoms with Crippen LogP contribution in [-0.2, 0) is 0 Å². The normalized spacial score (nSPS) is 15.1. The Bertz CT molecular complexity index is 234. The van der Waals surface area contributed by atoms with E-state index >= 15 is 0 Å². The minimum atomic E-state index is -0.448. The summed E-state index contributed by atoms with van der Waals surface area (Å²) >= 11 is 0. The van der Waals surface area contributed by atoms with E-state index < -0.39 is 5.60 Å². The van der Waals surface area contributed by atoms with E-state index in [1.54, 1.807) is 0 Å². The van der Waals surface area contributed by atoms with Crippen LogP contribution in [0.15, 0.2) is 0 Å². The van der Waals surface area contributed by atoms with Gasteiger partial charge in [-0.2, -0.15) is 0 Å². The van der Waals surface area contributed by atoms with Crippen molar-refractivity contribution < 1.29 is 9.59 Å². The van der Waals surface area contributed by atoms with Crippen molar-refractivity contribution in [1.82, 2.24) is 0 Å². The number of aliphatic hydroxyl groups is 1. The molecular formula is C19H42NO+. The van der Waals surface area contributed by atoms with Crippen LogP contribution in [0.25, 0.3) is 0 Å². The standard InChI is InChI=1S/C19H42NO/c1-6-8-10-12-13-15-17-19(21,18-20(3,4)5)16-14-11-9-7-2/h21H,6-18H2,1-5H3/q+1. The van der Waals surface area contributed by atoms with Gasteiger partial charge < -0.3 is 9.59 Å². The van der Waals surface area contributed by atoms with Gasteiger partial charge in [0.1, 0.15) is 12.1 Å². The summed E-state index contributed by atoms with van der Waals surface area (Å²) in [7, 11) is 6.58. The number of hydrogen-bond acceptors (Lipinski definition) is 1. The van der Waals surface area contributed by atoms with E-state index in [0.29, 0.717) is 0 Å². The Balaban J connectivity index is 4.11. The largest absolute Gasteiger partial charge is 0.384 e. The van der Waals surface area contributed by atoms with Gasteiger partial charge in [-0.1, -0.05) is 78.1 Å². The number of nitrogens with zero attached hydrogens (tertiary/aromatic N) is 1. The van der Waals surface area contributed by atoms with Gasteiger partial charge >= 0.3 is 0 Å². The molecule has 0 spiro atoms. The second kappa shape index (κ2) is 11.5. The minimum Gasteiger partial charge on any atom is -0.384 e. The van der Waals surface area contributed by atoms with Crippen molar-refractivity contribution in [3.63, 3.8) is 0 Å². The maximum absolute atomic E-state index is 11.0. The molecule has 2 nitrogen and oxygen atoms in total. The van der Waals surface area contributed by atoms with Crippen LogP contribution in [0.4, 0.5) is 0 Å². The highest BCUT2D eigenvalue weighted by Gasteiger charge is 2.32. The molecule has 0 radical (unpaired) electrons. The molecule has 0 aliphatic rings. The van der Waals surface area contributed by atoms with Crippen molar-refractivity contribution in [2.75, 3.05) is 27.7 Å². The van der Waals surface area contributed by atoms with E-state index in [-0.39, 0.29) is 0 Å². The topological polar surface area (TPSA) is 20.2 Å². The molecule has 0 aromatic rings. The molecule has 1 unspecified atom stereocenters. The smallest absolute Gasteiger partial charge is 0.113 e. The van der Waals surface area contributed by atoms with Crippen molar-refractivity contribution in [2.24, 2.45) is 0 Å². The maximum Gasteiger partial charge on any atom is 0.113 e. The highest BCUT2D eigenvalue weighted by atomic mass is 16.3. The fraction of sp³-hybridized carbons (Fsp3) is 1.00. The average molecular weight is 301 g/mol. The molecule has 0 bridgehead atoms. The monoisotopic (exact) mass is 300 g/mol. The third-order valence-corrected chi connectivity index (χ3v) is 4.26. The molecule has 0 aliphatic carbocycles. The third kappa shape index (κ3) is 13.3. The van der Waals surface area contributed by atoms with E-state index in [4.69, 9.17) is 0 Å². The van der Waals surface area contributed by atoms with Gasteiger partial charge in [-0.15, -0.1) is 0 Å². The van der Waals surface area contributed by atoms with Crippen molar-refractivity contribution in [3.8, 4) is 0 Å². The first-order valence-corrected chi connectivity index (χ1v) is 9.36. The second-order valence-electron chi connectivity index (χ2n) is 8.00. The van der Waals surface area contributed by atoms with E-state index in [2.05, 4.69) is 35.0 Å². The van der Waals surface area contributed by atoms with E-state index in [1.165, 1.54) is 64.2 Å². The lowest BCUT2D eigenvalue weighted by atomic mass is 9.88. The Morgan fingerprint density at radius 2 is 1.05 bits per heavy atom. The Hall–Kier alpha value is -0.0800. The Morgan fingerprint density at radius 3 is 1.48 bits per heavy atom. The molecule has 0 aromatic carbocycles. The van der Waals surface area contributed by atoms with Gasteiger partial charge in [-0.05, 0) is 12.8 Å². The van der Waals surface area contributed by atoms with E-state index in [0.717, 1.165) is 23.9 Å². The summed E-state index contributed by atoms with van der Waals surface area (Å²) in [6.45, 7) is 5.39. The van der Waals surface area contributed by atoms with E-state index in [9.17, 15) is 5.11 Å². The number of rotatable bonds is 14.